The minimum atomic E-state index is -6.63. The zero-order valence-electron chi connectivity index (χ0n) is 19.6. The number of aliphatic hydroxyl groups is 2. The standard InChI is InChI=1S/C21H34F4O8S/c1-5-18(27,6-2)14-13-11-12(16(33-13)15(14)19(28,7-3)8-4)17(26)32-10-9-20(22,23)21(24,25)34(29,30)31/h12-16,27-28H,5-11H2,1-4H3,(H,29,30,31)/p-1. The van der Waals surface area contributed by atoms with E-state index < -0.39 is 81.5 Å². The average Bonchev–Trinajstić information content (AvgIpc) is 3.36. The summed E-state index contributed by atoms with van der Waals surface area (Å²) in [4.78, 5) is 12.7. The van der Waals surface area contributed by atoms with E-state index in [4.69, 9.17) is 9.47 Å². The largest absolute Gasteiger partial charge is 0.743 e. The molecule has 5 unspecified atom stereocenters. The molecule has 0 amide bonds. The van der Waals surface area contributed by atoms with Gasteiger partial charge in [-0.3, -0.25) is 4.79 Å². The fourth-order valence-corrected chi connectivity index (χ4v) is 5.91. The molecule has 5 atom stereocenters. The van der Waals surface area contributed by atoms with E-state index in [1.165, 1.54) is 0 Å². The maximum absolute atomic E-state index is 13.6. The number of hydrogen-bond donors (Lipinski definition) is 2. The number of halogens is 4. The highest BCUT2D eigenvalue weighted by Crippen LogP contribution is 2.57. The molecule has 0 spiro atoms. The van der Waals surface area contributed by atoms with Gasteiger partial charge in [0.2, 0.25) is 0 Å². The van der Waals surface area contributed by atoms with Gasteiger partial charge in [-0.25, -0.2) is 8.42 Å². The van der Waals surface area contributed by atoms with Gasteiger partial charge in [-0.15, -0.1) is 0 Å². The zero-order valence-corrected chi connectivity index (χ0v) is 20.4. The van der Waals surface area contributed by atoms with Crippen LogP contribution in [0, 0.1) is 17.8 Å². The van der Waals surface area contributed by atoms with Crippen LogP contribution in [0.25, 0.3) is 0 Å². The van der Waals surface area contributed by atoms with Crippen molar-refractivity contribution in [3.63, 3.8) is 0 Å². The molecule has 8 nitrogen and oxygen atoms in total. The second-order valence-corrected chi connectivity index (χ2v) is 10.7. The third-order valence-electron chi connectivity index (χ3n) is 7.75. The molecular weight excluding hydrogens is 488 g/mol. The van der Waals surface area contributed by atoms with Crippen molar-refractivity contribution in [1.82, 2.24) is 0 Å². The molecule has 0 aromatic carbocycles. The third-order valence-corrected chi connectivity index (χ3v) is 8.68. The Kier molecular flexibility index (Phi) is 8.42. The molecule has 2 rings (SSSR count). The number of ether oxygens (including phenoxy) is 2. The van der Waals surface area contributed by atoms with E-state index in [0.29, 0.717) is 25.7 Å². The van der Waals surface area contributed by atoms with Crippen LogP contribution >= 0.6 is 0 Å². The molecule has 0 aromatic heterocycles. The van der Waals surface area contributed by atoms with Crippen LogP contribution in [0.1, 0.15) is 66.2 Å². The highest BCUT2D eigenvalue weighted by atomic mass is 32.2. The lowest BCUT2D eigenvalue weighted by Gasteiger charge is -2.47. The number of alkyl halides is 4. The van der Waals surface area contributed by atoms with E-state index in [1.54, 1.807) is 27.7 Å². The van der Waals surface area contributed by atoms with Gasteiger partial charge in [0.15, 0.2) is 10.1 Å². The Hall–Kier alpha value is -1.02. The Balaban J connectivity index is 2.19. The summed E-state index contributed by atoms with van der Waals surface area (Å²) < 4.78 is 96.0. The second kappa shape index (κ2) is 9.79. The minimum Gasteiger partial charge on any atom is -0.743 e. The van der Waals surface area contributed by atoms with Gasteiger partial charge in [0, 0.05) is 11.8 Å². The van der Waals surface area contributed by atoms with Gasteiger partial charge in [0.05, 0.1) is 42.4 Å². The van der Waals surface area contributed by atoms with E-state index in [9.17, 15) is 45.5 Å². The van der Waals surface area contributed by atoms with E-state index >= 15 is 0 Å². The van der Waals surface area contributed by atoms with E-state index in [-0.39, 0.29) is 6.42 Å². The lowest BCUT2D eigenvalue weighted by atomic mass is 9.59. The summed E-state index contributed by atoms with van der Waals surface area (Å²) >= 11 is 0. The molecule has 0 aliphatic carbocycles. The Morgan fingerprint density at radius 3 is 1.91 bits per heavy atom. The summed E-state index contributed by atoms with van der Waals surface area (Å²) in [6.45, 7) is 5.85. The van der Waals surface area contributed by atoms with Gasteiger partial charge >= 0.3 is 17.1 Å². The van der Waals surface area contributed by atoms with E-state index in [0.717, 1.165) is 0 Å². The molecule has 13 heteroatoms. The molecule has 2 aliphatic rings. The first-order chi connectivity index (χ1) is 15.5. The number of esters is 1. The summed E-state index contributed by atoms with van der Waals surface area (Å²) in [5, 5.41) is 16.7. The van der Waals surface area contributed by atoms with Crippen LogP contribution < -0.4 is 0 Å². The zero-order chi connectivity index (χ0) is 26.3. The number of carbonyl (C=O) groups is 1. The fraction of sp³-hybridized carbons (Fsp3) is 0.952. The van der Waals surface area contributed by atoms with Gasteiger partial charge in [-0.05, 0) is 32.1 Å². The summed E-state index contributed by atoms with van der Waals surface area (Å²) in [7, 11) is -6.63. The Morgan fingerprint density at radius 1 is 1.00 bits per heavy atom. The smallest absolute Gasteiger partial charge is 0.396 e. The van der Waals surface area contributed by atoms with Crippen molar-refractivity contribution in [2.75, 3.05) is 6.61 Å². The van der Waals surface area contributed by atoms with Crippen LogP contribution in [0.2, 0.25) is 0 Å². The van der Waals surface area contributed by atoms with Gasteiger partial charge in [-0.1, -0.05) is 27.7 Å². The van der Waals surface area contributed by atoms with Crippen molar-refractivity contribution < 1.29 is 55.0 Å². The summed E-state index contributed by atoms with van der Waals surface area (Å²) in [5.74, 6) is -8.42. The van der Waals surface area contributed by atoms with Crippen LogP contribution in [-0.4, -0.2) is 70.3 Å². The Bertz CT molecular complexity index is 842. The van der Waals surface area contributed by atoms with Crippen molar-refractivity contribution in [3.05, 3.63) is 0 Å². The van der Waals surface area contributed by atoms with Gasteiger partial charge in [0.1, 0.15) is 0 Å². The summed E-state index contributed by atoms with van der Waals surface area (Å²) in [5.41, 5.74) is -2.46. The summed E-state index contributed by atoms with van der Waals surface area (Å²) in [6, 6.07) is 0. The maximum Gasteiger partial charge on any atom is 0.396 e. The Labute approximate surface area is 196 Å². The molecule has 0 aromatic rings. The quantitative estimate of drug-likeness (QED) is 0.228. The molecule has 2 N–H and O–H groups in total. The molecule has 2 saturated heterocycles. The molecule has 2 fully saturated rings. The molecule has 2 bridgehead atoms. The van der Waals surface area contributed by atoms with Crippen molar-refractivity contribution in [2.45, 2.75) is 101 Å². The molecule has 0 radical (unpaired) electrons. The topological polar surface area (TPSA) is 133 Å². The number of hydrogen-bond acceptors (Lipinski definition) is 8. The first-order valence-corrected chi connectivity index (χ1v) is 12.8. The van der Waals surface area contributed by atoms with E-state index in [2.05, 4.69) is 0 Å². The predicted octanol–water partition coefficient (Wildman–Crippen LogP) is 2.81. The summed E-state index contributed by atoms with van der Waals surface area (Å²) in [6.07, 6.45) is -1.94. The molecule has 0 saturated carbocycles. The van der Waals surface area contributed by atoms with Crippen molar-refractivity contribution >= 4 is 16.1 Å². The van der Waals surface area contributed by atoms with Crippen LogP contribution in [0.3, 0.4) is 0 Å². The van der Waals surface area contributed by atoms with Crippen LogP contribution in [0.15, 0.2) is 0 Å². The first kappa shape index (κ1) is 29.2. The van der Waals surface area contributed by atoms with Crippen molar-refractivity contribution in [2.24, 2.45) is 17.8 Å². The SMILES string of the molecule is CCC(O)(CC)C1C2CC(C(=O)OCCC(F)(F)C(F)(F)S(=O)(=O)[O-])C(O2)C1C(O)(CC)CC. The lowest BCUT2D eigenvalue weighted by Crippen LogP contribution is -2.57. The number of fused-ring (bicyclic) bond motifs is 2. The van der Waals surface area contributed by atoms with Crippen molar-refractivity contribution in [3.8, 4) is 0 Å². The molecule has 2 aliphatic heterocycles. The average molecular weight is 522 g/mol. The highest BCUT2D eigenvalue weighted by molar-refractivity contribution is 7.86. The van der Waals surface area contributed by atoms with Gasteiger partial charge < -0.3 is 24.2 Å². The molecule has 2 heterocycles. The molecule has 200 valence electrons. The van der Waals surface area contributed by atoms with Gasteiger partial charge in [0.25, 0.3) is 0 Å². The predicted molar refractivity (Wildman–Crippen MR) is 110 cm³/mol. The molecular formula is C21H33F4O8S-. The first-order valence-electron chi connectivity index (χ1n) is 11.4. The van der Waals surface area contributed by atoms with Crippen LogP contribution in [0.4, 0.5) is 17.6 Å². The molecule has 34 heavy (non-hydrogen) atoms. The van der Waals surface area contributed by atoms with E-state index in [1.807, 2.05) is 0 Å². The number of carbonyl (C=O) groups excluding carboxylic acids is 1. The third kappa shape index (κ3) is 4.82. The monoisotopic (exact) mass is 521 g/mol. The number of rotatable bonds is 12. The highest BCUT2D eigenvalue weighted by Gasteiger charge is 2.66. The van der Waals surface area contributed by atoms with Gasteiger partial charge in [-0.2, -0.15) is 17.6 Å². The normalized spacial score (nSPS) is 28.4. The fourth-order valence-electron chi connectivity index (χ4n) is 5.45. The minimum absolute atomic E-state index is 0.0813. The second-order valence-electron chi connectivity index (χ2n) is 9.25. The maximum atomic E-state index is 13.6. The van der Waals surface area contributed by atoms with Crippen LogP contribution in [0.5, 0.6) is 0 Å². The van der Waals surface area contributed by atoms with Crippen LogP contribution in [-0.2, 0) is 24.4 Å². The van der Waals surface area contributed by atoms with Crippen molar-refractivity contribution in [1.29, 1.82) is 0 Å². The Morgan fingerprint density at radius 2 is 1.47 bits per heavy atom. The lowest BCUT2D eigenvalue weighted by molar-refractivity contribution is -0.178.